The summed E-state index contributed by atoms with van der Waals surface area (Å²) in [5.41, 5.74) is 1.05. The number of thioether (sulfide) groups is 1. The van der Waals surface area contributed by atoms with Gasteiger partial charge in [0.2, 0.25) is 5.91 Å². The van der Waals surface area contributed by atoms with Crippen LogP contribution < -0.4 is 10.1 Å². The summed E-state index contributed by atoms with van der Waals surface area (Å²) in [7, 11) is 3.29. The van der Waals surface area contributed by atoms with Crippen LogP contribution in [0.15, 0.2) is 53.7 Å². The number of Topliss-reactive ketones (excluding diaryl/α,β-unsaturated/α-hetero) is 1. The van der Waals surface area contributed by atoms with Crippen LogP contribution in [0.1, 0.15) is 16.2 Å². The van der Waals surface area contributed by atoms with Gasteiger partial charge in [-0.1, -0.05) is 17.8 Å². The third-order valence-corrected chi connectivity index (χ3v) is 5.12. The van der Waals surface area contributed by atoms with Gasteiger partial charge in [-0.2, -0.15) is 0 Å². The molecular formula is C20H19FN4O3S. The number of amides is 1. The third-order valence-electron chi connectivity index (χ3n) is 4.10. The largest absolute Gasteiger partial charge is 0.497 e. The van der Waals surface area contributed by atoms with Gasteiger partial charge in [0.05, 0.1) is 19.3 Å². The Morgan fingerprint density at radius 2 is 1.93 bits per heavy atom. The topological polar surface area (TPSA) is 86.1 Å². The average molecular weight is 414 g/mol. The molecule has 150 valence electrons. The molecule has 3 aromatic rings. The number of hydrogen-bond donors (Lipinski definition) is 1. The molecule has 1 N–H and O–H groups in total. The molecule has 0 aliphatic rings. The molecule has 0 atom stereocenters. The van der Waals surface area contributed by atoms with Crippen LogP contribution in [0.5, 0.6) is 5.75 Å². The monoisotopic (exact) mass is 414 g/mol. The summed E-state index contributed by atoms with van der Waals surface area (Å²) in [5, 5.41) is 11.4. The molecule has 2 aromatic carbocycles. The number of nitrogens with zero attached hydrogens (tertiary/aromatic N) is 3. The first kappa shape index (κ1) is 20.5. The van der Waals surface area contributed by atoms with Crippen molar-refractivity contribution in [3.8, 4) is 5.75 Å². The van der Waals surface area contributed by atoms with Crippen molar-refractivity contribution in [2.75, 3.05) is 18.2 Å². The number of nitrogens with one attached hydrogen (secondary N) is 1. The van der Waals surface area contributed by atoms with Crippen LogP contribution in [0.3, 0.4) is 0 Å². The van der Waals surface area contributed by atoms with Crippen molar-refractivity contribution in [3.05, 3.63) is 65.7 Å². The van der Waals surface area contributed by atoms with E-state index in [9.17, 15) is 14.0 Å². The van der Waals surface area contributed by atoms with E-state index in [-0.39, 0.29) is 29.7 Å². The highest BCUT2D eigenvalue weighted by Crippen LogP contribution is 2.19. The normalized spacial score (nSPS) is 10.6. The summed E-state index contributed by atoms with van der Waals surface area (Å²) < 4.78 is 19.8. The number of rotatable bonds is 8. The van der Waals surface area contributed by atoms with E-state index in [1.807, 2.05) is 0 Å². The minimum Gasteiger partial charge on any atom is -0.497 e. The summed E-state index contributed by atoms with van der Waals surface area (Å²) in [6.45, 7) is 0. The standard InChI is InChI=1S/C20H19FN4O3S/c1-25-18(11-19(27)22-15-4-3-5-16(10-15)28-2)23-24-20(25)29-12-17(26)13-6-8-14(21)9-7-13/h3-10H,11-12H2,1-2H3,(H,22,27). The summed E-state index contributed by atoms with van der Waals surface area (Å²) >= 11 is 1.21. The molecular weight excluding hydrogens is 395 g/mol. The highest BCUT2D eigenvalue weighted by molar-refractivity contribution is 7.99. The van der Waals surface area contributed by atoms with Gasteiger partial charge in [-0.25, -0.2) is 4.39 Å². The van der Waals surface area contributed by atoms with Gasteiger partial charge in [-0.05, 0) is 36.4 Å². The molecule has 0 unspecified atom stereocenters. The van der Waals surface area contributed by atoms with E-state index in [1.54, 1.807) is 43.0 Å². The molecule has 0 bridgehead atoms. The number of aromatic nitrogens is 3. The molecule has 0 aliphatic carbocycles. The maximum absolute atomic E-state index is 13.0. The van der Waals surface area contributed by atoms with E-state index in [2.05, 4.69) is 15.5 Å². The Balaban J connectivity index is 1.57. The molecule has 0 aliphatic heterocycles. The Bertz CT molecular complexity index is 1020. The lowest BCUT2D eigenvalue weighted by atomic mass is 10.1. The molecule has 0 spiro atoms. The summed E-state index contributed by atoms with van der Waals surface area (Å²) in [6.07, 6.45) is 0.0349. The molecule has 29 heavy (non-hydrogen) atoms. The Kier molecular flexibility index (Phi) is 6.61. The molecule has 1 heterocycles. The number of halogens is 1. The number of hydrogen-bond acceptors (Lipinski definition) is 6. The number of carbonyl (C=O) groups is 2. The predicted octanol–water partition coefficient (Wildman–Crippen LogP) is 3.12. The second kappa shape index (κ2) is 9.33. The molecule has 7 nitrogen and oxygen atoms in total. The van der Waals surface area contributed by atoms with Crippen LogP contribution in [0.2, 0.25) is 0 Å². The van der Waals surface area contributed by atoms with Crippen LogP contribution >= 0.6 is 11.8 Å². The van der Waals surface area contributed by atoms with Crippen molar-refractivity contribution in [1.82, 2.24) is 14.8 Å². The number of methoxy groups -OCH3 is 1. The van der Waals surface area contributed by atoms with Crippen LogP contribution in [0.4, 0.5) is 10.1 Å². The molecule has 0 saturated heterocycles. The Morgan fingerprint density at radius 1 is 1.17 bits per heavy atom. The van der Waals surface area contributed by atoms with Gasteiger partial charge >= 0.3 is 0 Å². The van der Waals surface area contributed by atoms with Crippen LogP contribution in [0, 0.1) is 5.82 Å². The van der Waals surface area contributed by atoms with Crippen LogP contribution in [-0.4, -0.2) is 39.3 Å². The Labute approximate surface area is 171 Å². The third kappa shape index (κ3) is 5.41. The Morgan fingerprint density at radius 3 is 2.66 bits per heavy atom. The van der Waals surface area contributed by atoms with Crippen molar-refractivity contribution in [1.29, 1.82) is 0 Å². The molecule has 0 radical (unpaired) electrons. The van der Waals surface area contributed by atoms with Crippen molar-refractivity contribution in [2.24, 2.45) is 7.05 Å². The number of benzene rings is 2. The lowest BCUT2D eigenvalue weighted by molar-refractivity contribution is -0.115. The minimum atomic E-state index is -0.389. The van der Waals surface area contributed by atoms with E-state index in [4.69, 9.17) is 4.74 Å². The second-order valence-corrected chi connectivity index (χ2v) is 7.08. The maximum Gasteiger partial charge on any atom is 0.232 e. The quantitative estimate of drug-likeness (QED) is 0.450. The van der Waals surface area contributed by atoms with E-state index >= 15 is 0 Å². The van der Waals surface area contributed by atoms with Gasteiger partial charge in [0.1, 0.15) is 17.4 Å². The molecule has 1 aromatic heterocycles. The van der Waals surface area contributed by atoms with Crippen LogP contribution in [0.25, 0.3) is 0 Å². The number of carbonyl (C=O) groups excluding carboxylic acids is 2. The van der Waals surface area contributed by atoms with Gasteiger partial charge in [-0.3, -0.25) is 9.59 Å². The zero-order valence-electron chi connectivity index (χ0n) is 15.9. The van der Waals surface area contributed by atoms with E-state index < -0.39 is 0 Å². The van der Waals surface area contributed by atoms with Crippen molar-refractivity contribution in [2.45, 2.75) is 11.6 Å². The lowest BCUT2D eigenvalue weighted by Gasteiger charge is -2.07. The molecule has 9 heteroatoms. The highest BCUT2D eigenvalue weighted by atomic mass is 32.2. The fourth-order valence-electron chi connectivity index (χ4n) is 2.52. The van der Waals surface area contributed by atoms with Crippen LogP contribution in [-0.2, 0) is 18.3 Å². The maximum atomic E-state index is 13.0. The number of ether oxygens (including phenoxy) is 1. The minimum absolute atomic E-state index is 0.0349. The van der Waals surface area contributed by atoms with Crippen molar-refractivity contribution < 1.29 is 18.7 Å². The molecule has 0 fully saturated rings. The van der Waals surface area contributed by atoms with Gasteiger partial charge in [0, 0.05) is 24.4 Å². The Hall–Kier alpha value is -3.20. The average Bonchev–Trinajstić information content (AvgIpc) is 3.06. The smallest absolute Gasteiger partial charge is 0.232 e. The first-order valence-corrected chi connectivity index (χ1v) is 9.68. The van der Waals surface area contributed by atoms with Gasteiger partial charge < -0.3 is 14.6 Å². The predicted molar refractivity (Wildman–Crippen MR) is 108 cm³/mol. The number of anilines is 1. The molecule has 0 saturated carbocycles. The van der Waals surface area contributed by atoms with Crippen molar-refractivity contribution >= 4 is 29.1 Å². The number of ketones is 1. The van der Waals surface area contributed by atoms with Gasteiger partial charge in [0.15, 0.2) is 10.9 Å². The summed E-state index contributed by atoms with van der Waals surface area (Å²) in [6, 6.07) is 12.4. The summed E-state index contributed by atoms with van der Waals surface area (Å²) in [5.74, 6) is 0.476. The van der Waals surface area contributed by atoms with E-state index in [0.29, 0.717) is 28.0 Å². The van der Waals surface area contributed by atoms with E-state index in [1.165, 1.54) is 36.0 Å². The van der Waals surface area contributed by atoms with Crippen molar-refractivity contribution in [3.63, 3.8) is 0 Å². The molecule has 1 amide bonds. The summed E-state index contributed by atoms with van der Waals surface area (Å²) in [4.78, 5) is 24.5. The second-order valence-electron chi connectivity index (χ2n) is 6.13. The van der Waals surface area contributed by atoms with Gasteiger partial charge in [0.25, 0.3) is 0 Å². The fraction of sp³-hybridized carbons (Fsp3) is 0.200. The zero-order chi connectivity index (χ0) is 20.8. The first-order valence-electron chi connectivity index (χ1n) is 8.70. The highest BCUT2D eigenvalue weighted by Gasteiger charge is 2.15. The SMILES string of the molecule is COc1cccc(NC(=O)Cc2nnc(SCC(=O)c3ccc(F)cc3)n2C)c1. The fourth-order valence-corrected chi connectivity index (χ4v) is 3.35. The van der Waals surface area contributed by atoms with E-state index in [0.717, 1.165) is 0 Å². The van der Waals surface area contributed by atoms with Gasteiger partial charge in [-0.15, -0.1) is 10.2 Å². The lowest BCUT2D eigenvalue weighted by Crippen LogP contribution is -2.17. The molecule has 3 rings (SSSR count). The zero-order valence-corrected chi connectivity index (χ0v) is 16.7. The first-order chi connectivity index (χ1) is 14.0.